The van der Waals surface area contributed by atoms with Crippen molar-refractivity contribution in [3.8, 4) is 5.69 Å². The van der Waals surface area contributed by atoms with Crippen LogP contribution in [0.1, 0.15) is 42.5 Å². The minimum absolute atomic E-state index is 0.00769. The van der Waals surface area contributed by atoms with Crippen LogP contribution in [-0.2, 0) is 4.79 Å². The minimum Gasteiger partial charge on any atom is -0.396 e. The Morgan fingerprint density at radius 2 is 1.89 bits per heavy atom. The molecule has 2 aromatic rings. The summed E-state index contributed by atoms with van der Waals surface area (Å²) in [6.45, 7) is 1.46. The molecule has 27 heavy (non-hydrogen) atoms. The molecule has 3 rings (SSSR count). The summed E-state index contributed by atoms with van der Waals surface area (Å²) in [5.74, 6) is -0.357. The molecule has 1 saturated heterocycles. The Hall–Kier alpha value is -2.74. The summed E-state index contributed by atoms with van der Waals surface area (Å²) in [5.41, 5.74) is 1.27. The van der Waals surface area contributed by atoms with Gasteiger partial charge in [-0.3, -0.25) is 9.59 Å². The number of carbonyl (C=O) groups is 2. The first-order chi connectivity index (χ1) is 13.2. The highest BCUT2D eigenvalue weighted by molar-refractivity contribution is 5.97. The summed E-state index contributed by atoms with van der Waals surface area (Å²) < 4.78 is 1.60. The molecular formula is C19H25N5O3. The molecule has 2 heterocycles. The number of aliphatic hydroxyl groups is 1. The monoisotopic (exact) mass is 371 g/mol. The van der Waals surface area contributed by atoms with Crippen LogP contribution in [0.2, 0.25) is 0 Å². The maximum Gasteiger partial charge on any atom is 0.251 e. The van der Waals surface area contributed by atoms with Gasteiger partial charge in [-0.25, -0.2) is 4.68 Å². The summed E-state index contributed by atoms with van der Waals surface area (Å²) in [6, 6.07) is 6.33. The Kier molecular flexibility index (Phi) is 6.54. The highest BCUT2D eigenvalue weighted by Gasteiger charge is 2.26. The third-order valence-electron chi connectivity index (χ3n) is 4.74. The van der Waals surface area contributed by atoms with Crippen LogP contribution >= 0.6 is 0 Å². The lowest BCUT2D eigenvalue weighted by Gasteiger charge is -2.30. The molecule has 0 aliphatic carbocycles. The van der Waals surface area contributed by atoms with E-state index >= 15 is 0 Å². The molecule has 0 spiro atoms. The fourth-order valence-electron chi connectivity index (χ4n) is 3.24. The topological polar surface area (TPSA) is 100 Å². The Bertz CT molecular complexity index is 739. The summed E-state index contributed by atoms with van der Waals surface area (Å²) in [4.78, 5) is 27.2. The van der Waals surface area contributed by atoms with Crippen molar-refractivity contribution >= 4 is 11.8 Å². The lowest BCUT2D eigenvalue weighted by atomic mass is 10.1. The number of benzene rings is 1. The third kappa shape index (κ3) is 4.91. The van der Waals surface area contributed by atoms with Crippen LogP contribution < -0.4 is 5.32 Å². The lowest BCUT2D eigenvalue weighted by molar-refractivity contribution is -0.134. The zero-order valence-electron chi connectivity index (χ0n) is 15.3. The summed E-state index contributed by atoms with van der Waals surface area (Å²) in [5, 5.41) is 19.6. The van der Waals surface area contributed by atoms with Crippen LogP contribution in [0, 0.1) is 0 Å². The Balaban J connectivity index is 1.66. The van der Waals surface area contributed by atoms with Gasteiger partial charge < -0.3 is 15.3 Å². The molecule has 1 aromatic heterocycles. The van der Waals surface area contributed by atoms with Crippen LogP contribution in [-0.4, -0.2) is 62.6 Å². The number of nitrogens with one attached hydrogen (secondary N) is 1. The first kappa shape index (κ1) is 19.0. The van der Waals surface area contributed by atoms with E-state index in [1.807, 2.05) is 4.90 Å². The molecule has 2 amide bonds. The predicted molar refractivity (Wildman–Crippen MR) is 99.4 cm³/mol. The van der Waals surface area contributed by atoms with Crippen molar-refractivity contribution in [2.24, 2.45) is 0 Å². The number of nitrogens with zero attached hydrogens (tertiary/aromatic N) is 4. The number of likely N-dealkylation sites (tertiary alicyclic amines) is 1. The number of rotatable bonds is 7. The second kappa shape index (κ2) is 9.27. The van der Waals surface area contributed by atoms with Gasteiger partial charge in [0.2, 0.25) is 5.91 Å². The van der Waals surface area contributed by atoms with Gasteiger partial charge in [-0.15, -0.1) is 5.10 Å². The van der Waals surface area contributed by atoms with E-state index in [0.29, 0.717) is 18.4 Å². The molecule has 1 aliphatic rings. The number of hydrogen-bond donors (Lipinski definition) is 2. The van der Waals surface area contributed by atoms with Crippen molar-refractivity contribution in [3.05, 3.63) is 42.2 Å². The van der Waals surface area contributed by atoms with Gasteiger partial charge in [0.25, 0.3) is 5.91 Å². The fourth-order valence-corrected chi connectivity index (χ4v) is 3.24. The van der Waals surface area contributed by atoms with E-state index in [1.54, 1.807) is 41.3 Å². The van der Waals surface area contributed by atoms with Gasteiger partial charge in [0.05, 0.1) is 18.1 Å². The number of aromatic nitrogens is 3. The predicted octanol–water partition coefficient (Wildman–Crippen LogP) is 1.15. The average molecular weight is 371 g/mol. The first-order valence-electron chi connectivity index (χ1n) is 9.36. The molecule has 144 valence electrons. The quantitative estimate of drug-likeness (QED) is 0.760. The van der Waals surface area contributed by atoms with E-state index in [2.05, 4.69) is 15.6 Å². The Labute approximate surface area is 158 Å². The van der Waals surface area contributed by atoms with Crippen molar-refractivity contribution in [3.63, 3.8) is 0 Å². The SMILES string of the molecule is O=C(N[C@@H](CCCO)C(=O)N1CCCCC1)c1ccc(-n2ccnn2)cc1. The molecule has 1 fully saturated rings. The maximum atomic E-state index is 12.8. The Morgan fingerprint density at radius 1 is 1.15 bits per heavy atom. The fraction of sp³-hybridized carbons (Fsp3) is 0.474. The number of hydrogen-bond acceptors (Lipinski definition) is 5. The van der Waals surface area contributed by atoms with Gasteiger partial charge in [-0.05, 0) is 56.4 Å². The van der Waals surface area contributed by atoms with Gasteiger partial charge in [0.1, 0.15) is 6.04 Å². The van der Waals surface area contributed by atoms with Crippen LogP contribution in [0.3, 0.4) is 0 Å². The molecule has 0 saturated carbocycles. The van der Waals surface area contributed by atoms with E-state index in [0.717, 1.165) is 38.0 Å². The summed E-state index contributed by atoms with van der Waals surface area (Å²) in [7, 11) is 0. The van der Waals surface area contributed by atoms with Gasteiger partial charge in [-0.1, -0.05) is 5.21 Å². The molecule has 0 radical (unpaired) electrons. The number of amides is 2. The normalized spacial score (nSPS) is 15.4. The van der Waals surface area contributed by atoms with Crippen LogP contribution in [0.25, 0.3) is 5.69 Å². The van der Waals surface area contributed by atoms with Crippen LogP contribution in [0.4, 0.5) is 0 Å². The summed E-state index contributed by atoms with van der Waals surface area (Å²) >= 11 is 0. The van der Waals surface area contributed by atoms with Crippen molar-refractivity contribution in [2.75, 3.05) is 19.7 Å². The average Bonchev–Trinajstić information content (AvgIpc) is 3.26. The third-order valence-corrected chi connectivity index (χ3v) is 4.74. The van der Waals surface area contributed by atoms with Gasteiger partial charge in [0, 0.05) is 25.3 Å². The number of aliphatic hydroxyl groups excluding tert-OH is 1. The molecule has 1 atom stereocenters. The minimum atomic E-state index is -0.613. The highest BCUT2D eigenvalue weighted by Crippen LogP contribution is 2.13. The van der Waals surface area contributed by atoms with Crippen molar-refractivity contribution < 1.29 is 14.7 Å². The molecule has 1 aromatic carbocycles. The van der Waals surface area contributed by atoms with Gasteiger partial charge in [-0.2, -0.15) is 0 Å². The second-order valence-corrected chi connectivity index (χ2v) is 6.67. The van der Waals surface area contributed by atoms with E-state index < -0.39 is 6.04 Å². The standard InChI is InChI=1S/C19H25N5O3/c25-14-4-5-17(19(27)23-11-2-1-3-12-23)21-18(26)15-6-8-16(9-7-15)24-13-10-20-22-24/h6-10,13,17,25H,1-5,11-12,14H2,(H,21,26)/t17-/m0/s1. The smallest absolute Gasteiger partial charge is 0.251 e. The first-order valence-corrected chi connectivity index (χ1v) is 9.36. The Morgan fingerprint density at radius 3 is 2.52 bits per heavy atom. The molecule has 0 bridgehead atoms. The van der Waals surface area contributed by atoms with E-state index in [1.165, 1.54) is 0 Å². The number of carbonyl (C=O) groups excluding carboxylic acids is 2. The molecular weight excluding hydrogens is 346 g/mol. The van der Waals surface area contributed by atoms with E-state index in [9.17, 15) is 9.59 Å². The van der Waals surface area contributed by atoms with Crippen LogP contribution in [0.5, 0.6) is 0 Å². The van der Waals surface area contributed by atoms with Crippen molar-refractivity contribution in [1.82, 2.24) is 25.2 Å². The molecule has 1 aliphatic heterocycles. The van der Waals surface area contributed by atoms with Crippen molar-refractivity contribution in [2.45, 2.75) is 38.1 Å². The maximum absolute atomic E-state index is 12.8. The van der Waals surface area contributed by atoms with E-state index in [4.69, 9.17) is 5.11 Å². The van der Waals surface area contributed by atoms with E-state index in [-0.39, 0.29) is 18.4 Å². The lowest BCUT2D eigenvalue weighted by Crippen LogP contribution is -2.50. The summed E-state index contributed by atoms with van der Waals surface area (Å²) in [6.07, 6.45) is 7.32. The number of piperidine rings is 1. The second-order valence-electron chi connectivity index (χ2n) is 6.67. The largest absolute Gasteiger partial charge is 0.396 e. The van der Waals surface area contributed by atoms with Crippen molar-refractivity contribution in [1.29, 1.82) is 0 Å². The zero-order chi connectivity index (χ0) is 19.1. The highest BCUT2D eigenvalue weighted by atomic mass is 16.3. The van der Waals surface area contributed by atoms with Gasteiger partial charge >= 0.3 is 0 Å². The zero-order valence-corrected chi connectivity index (χ0v) is 15.3. The molecule has 8 nitrogen and oxygen atoms in total. The van der Waals surface area contributed by atoms with Crippen LogP contribution in [0.15, 0.2) is 36.7 Å². The molecule has 0 unspecified atom stereocenters. The molecule has 8 heteroatoms. The van der Waals surface area contributed by atoms with Gasteiger partial charge in [0.15, 0.2) is 0 Å². The molecule has 2 N–H and O–H groups in total.